The van der Waals surface area contributed by atoms with E-state index in [0.29, 0.717) is 13.2 Å². The minimum Gasteiger partial charge on any atom is -0.492 e. The maximum Gasteiger partial charge on any atom is 0.188 e. The zero-order chi connectivity index (χ0) is 21.9. The number of aromatic nitrogens is 2. The zero-order valence-corrected chi connectivity index (χ0v) is 19.3. The average Bonchev–Trinajstić information content (AvgIpc) is 3.40. The van der Waals surface area contributed by atoms with Crippen molar-refractivity contribution in [2.24, 2.45) is 0 Å². The van der Waals surface area contributed by atoms with E-state index >= 15 is 0 Å². The Labute approximate surface area is 193 Å². The molecular formula is C24H22N4O2S2. The molecule has 3 aromatic carbocycles. The van der Waals surface area contributed by atoms with E-state index in [-0.39, 0.29) is 0 Å². The predicted molar refractivity (Wildman–Crippen MR) is 135 cm³/mol. The number of nitrogens with zero attached hydrogens (tertiary/aromatic N) is 2. The van der Waals surface area contributed by atoms with Crippen molar-refractivity contribution in [1.82, 2.24) is 9.97 Å². The quantitative estimate of drug-likeness (QED) is 0.254. The number of ether oxygens (including phenoxy) is 2. The molecule has 0 unspecified atom stereocenters. The predicted octanol–water partition coefficient (Wildman–Crippen LogP) is 7.19. The van der Waals surface area contributed by atoms with Gasteiger partial charge in [-0.15, -0.1) is 0 Å². The molecule has 2 aromatic heterocycles. The van der Waals surface area contributed by atoms with Gasteiger partial charge in [-0.25, -0.2) is 9.97 Å². The van der Waals surface area contributed by atoms with Crippen molar-refractivity contribution in [3.8, 4) is 11.5 Å². The molecule has 2 heterocycles. The minimum absolute atomic E-state index is 0.611. The van der Waals surface area contributed by atoms with Crippen molar-refractivity contribution in [2.45, 2.75) is 13.8 Å². The third kappa shape index (κ3) is 4.06. The number of hydrogen-bond donors (Lipinski definition) is 2. The molecule has 0 bridgehead atoms. The summed E-state index contributed by atoms with van der Waals surface area (Å²) in [5.74, 6) is 1.63. The van der Waals surface area contributed by atoms with Gasteiger partial charge in [0, 0.05) is 0 Å². The summed E-state index contributed by atoms with van der Waals surface area (Å²) in [6, 6.07) is 20.0. The second-order valence-electron chi connectivity index (χ2n) is 6.91. The molecule has 162 valence electrons. The SMILES string of the molecule is CCOc1ccccc1Nc1nc2c(ccc3sc(Nc4ccccc4OCC)nc32)s1. The first-order valence-corrected chi connectivity index (χ1v) is 12.1. The zero-order valence-electron chi connectivity index (χ0n) is 17.7. The van der Waals surface area contributed by atoms with E-state index < -0.39 is 0 Å². The Kier molecular flexibility index (Phi) is 5.79. The van der Waals surface area contributed by atoms with Crippen LogP contribution in [0.3, 0.4) is 0 Å². The Hall–Kier alpha value is -3.36. The lowest BCUT2D eigenvalue weighted by atomic mass is 10.3. The number of para-hydroxylation sites is 4. The molecule has 0 spiro atoms. The molecule has 0 radical (unpaired) electrons. The summed E-state index contributed by atoms with van der Waals surface area (Å²) >= 11 is 3.20. The van der Waals surface area contributed by atoms with E-state index in [0.717, 1.165) is 53.6 Å². The highest BCUT2D eigenvalue weighted by Crippen LogP contribution is 2.38. The fourth-order valence-electron chi connectivity index (χ4n) is 3.42. The lowest BCUT2D eigenvalue weighted by Crippen LogP contribution is -1.97. The van der Waals surface area contributed by atoms with Crippen LogP contribution >= 0.6 is 22.7 Å². The molecule has 0 aliphatic carbocycles. The standard InChI is InChI=1S/C24H22N4O2S2/c1-3-29-17-11-7-5-9-15(17)25-23-27-21-19(31-23)13-14-20-22(21)28-24(32-20)26-16-10-6-8-12-18(16)30-4-2/h5-14H,3-4H2,1-2H3,(H,25,27)(H,26,28). The van der Waals surface area contributed by atoms with Crippen molar-refractivity contribution in [3.05, 3.63) is 60.7 Å². The minimum atomic E-state index is 0.611. The molecule has 32 heavy (non-hydrogen) atoms. The fourth-order valence-corrected chi connectivity index (χ4v) is 5.18. The highest BCUT2D eigenvalue weighted by molar-refractivity contribution is 7.24. The number of hydrogen-bond acceptors (Lipinski definition) is 8. The summed E-state index contributed by atoms with van der Waals surface area (Å²) < 4.78 is 13.6. The van der Waals surface area contributed by atoms with Gasteiger partial charge < -0.3 is 20.1 Å². The molecule has 5 aromatic rings. The molecule has 5 rings (SSSR count). The molecular weight excluding hydrogens is 440 g/mol. The van der Waals surface area contributed by atoms with Crippen LogP contribution in [0, 0.1) is 0 Å². The number of fused-ring (bicyclic) bond motifs is 3. The van der Waals surface area contributed by atoms with Gasteiger partial charge >= 0.3 is 0 Å². The molecule has 6 nitrogen and oxygen atoms in total. The number of nitrogens with one attached hydrogen (secondary N) is 2. The fraction of sp³-hybridized carbons (Fsp3) is 0.167. The van der Waals surface area contributed by atoms with Gasteiger partial charge in [-0.05, 0) is 50.2 Å². The summed E-state index contributed by atoms with van der Waals surface area (Å²) in [5.41, 5.74) is 3.59. The van der Waals surface area contributed by atoms with Gasteiger partial charge in [-0.1, -0.05) is 46.9 Å². The normalized spacial score (nSPS) is 11.1. The average molecular weight is 463 g/mol. The molecule has 8 heteroatoms. The number of rotatable bonds is 8. The maximum absolute atomic E-state index is 5.73. The Morgan fingerprint density at radius 1 is 0.656 bits per heavy atom. The molecule has 0 atom stereocenters. The third-order valence-electron chi connectivity index (χ3n) is 4.77. The smallest absolute Gasteiger partial charge is 0.188 e. The monoisotopic (exact) mass is 462 g/mol. The van der Waals surface area contributed by atoms with Crippen LogP contribution in [0.15, 0.2) is 60.7 Å². The van der Waals surface area contributed by atoms with Crippen LogP contribution < -0.4 is 20.1 Å². The van der Waals surface area contributed by atoms with Gasteiger partial charge in [0.1, 0.15) is 22.5 Å². The van der Waals surface area contributed by atoms with Gasteiger partial charge in [0.2, 0.25) is 0 Å². The van der Waals surface area contributed by atoms with Gasteiger partial charge in [-0.2, -0.15) is 0 Å². The highest BCUT2D eigenvalue weighted by atomic mass is 32.1. The number of thiazole rings is 2. The molecule has 0 amide bonds. The third-order valence-corrected chi connectivity index (χ3v) is 6.65. The van der Waals surface area contributed by atoms with Gasteiger partial charge in [0.05, 0.1) is 34.0 Å². The molecule has 0 fully saturated rings. The number of anilines is 4. The van der Waals surface area contributed by atoms with Crippen LogP contribution in [0.5, 0.6) is 11.5 Å². The van der Waals surface area contributed by atoms with Crippen LogP contribution in [0.1, 0.15) is 13.8 Å². The Morgan fingerprint density at radius 2 is 1.09 bits per heavy atom. The Balaban J connectivity index is 1.47. The van der Waals surface area contributed by atoms with Gasteiger partial charge in [0.15, 0.2) is 10.3 Å². The van der Waals surface area contributed by atoms with E-state index in [1.165, 1.54) is 0 Å². The van der Waals surface area contributed by atoms with Crippen molar-refractivity contribution in [1.29, 1.82) is 0 Å². The molecule has 0 aliphatic rings. The summed E-state index contributed by atoms with van der Waals surface area (Å²) in [7, 11) is 0. The molecule has 2 N–H and O–H groups in total. The van der Waals surface area contributed by atoms with Crippen molar-refractivity contribution in [3.63, 3.8) is 0 Å². The largest absolute Gasteiger partial charge is 0.492 e. The summed E-state index contributed by atoms with van der Waals surface area (Å²) in [6.07, 6.45) is 0. The first-order valence-electron chi connectivity index (χ1n) is 10.4. The lowest BCUT2D eigenvalue weighted by Gasteiger charge is -2.09. The van der Waals surface area contributed by atoms with Crippen molar-refractivity contribution in [2.75, 3.05) is 23.8 Å². The van der Waals surface area contributed by atoms with Crippen LogP contribution in [0.2, 0.25) is 0 Å². The van der Waals surface area contributed by atoms with Crippen LogP contribution in [-0.4, -0.2) is 23.2 Å². The van der Waals surface area contributed by atoms with Crippen LogP contribution in [0.4, 0.5) is 21.6 Å². The van der Waals surface area contributed by atoms with E-state index in [1.54, 1.807) is 22.7 Å². The van der Waals surface area contributed by atoms with E-state index in [4.69, 9.17) is 19.4 Å². The number of benzene rings is 3. The Morgan fingerprint density at radius 3 is 1.53 bits per heavy atom. The van der Waals surface area contributed by atoms with Crippen molar-refractivity contribution < 1.29 is 9.47 Å². The van der Waals surface area contributed by atoms with E-state index in [2.05, 4.69) is 22.8 Å². The van der Waals surface area contributed by atoms with Crippen molar-refractivity contribution >= 4 is 64.7 Å². The molecule has 0 saturated carbocycles. The van der Waals surface area contributed by atoms with Gasteiger partial charge in [0.25, 0.3) is 0 Å². The molecule has 0 aliphatic heterocycles. The van der Waals surface area contributed by atoms with Crippen LogP contribution in [0.25, 0.3) is 20.4 Å². The summed E-state index contributed by atoms with van der Waals surface area (Å²) in [5, 5.41) is 8.43. The summed E-state index contributed by atoms with van der Waals surface area (Å²) in [6.45, 7) is 5.18. The Bertz CT molecular complexity index is 1270. The topological polar surface area (TPSA) is 68.3 Å². The van der Waals surface area contributed by atoms with E-state index in [1.807, 2.05) is 62.4 Å². The van der Waals surface area contributed by atoms with E-state index in [9.17, 15) is 0 Å². The van der Waals surface area contributed by atoms with Gasteiger partial charge in [-0.3, -0.25) is 0 Å². The summed E-state index contributed by atoms with van der Waals surface area (Å²) in [4.78, 5) is 9.70. The first kappa shape index (κ1) is 20.5. The second kappa shape index (κ2) is 9.02. The second-order valence-corrected chi connectivity index (χ2v) is 8.97. The molecule has 0 saturated heterocycles. The maximum atomic E-state index is 5.73. The van der Waals surface area contributed by atoms with Crippen LogP contribution in [-0.2, 0) is 0 Å². The first-order chi connectivity index (χ1) is 15.7. The lowest BCUT2D eigenvalue weighted by molar-refractivity contribution is 0.342. The highest BCUT2D eigenvalue weighted by Gasteiger charge is 2.14.